The highest BCUT2D eigenvalue weighted by Gasteiger charge is 2.23. The Balaban J connectivity index is 2.36. The number of rotatable bonds is 7. The molecule has 2 N–H and O–H groups in total. The van der Waals surface area contributed by atoms with Crippen LogP contribution in [0.2, 0.25) is 0 Å². The first-order valence-electron chi connectivity index (χ1n) is 7.32. The molecule has 0 radical (unpaired) electrons. The normalized spacial score (nSPS) is 21.6. The van der Waals surface area contributed by atoms with Gasteiger partial charge in [0.25, 0.3) is 0 Å². The van der Waals surface area contributed by atoms with Crippen molar-refractivity contribution in [3.63, 3.8) is 0 Å². The van der Waals surface area contributed by atoms with Crippen LogP contribution in [0.3, 0.4) is 0 Å². The molecule has 1 rings (SSSR count). The highest BCUT2D eigenvalue weighted by molar-refractivity contribution is 5.81. The smallest absolute Gasteiger partial charge is 0.237 e. The Kier molecular flexibility index (Phi) is 6.65. The lowest BCUT2D eigenvalue weighted by Crippen LogP contribution is -2.49. The second kappa shape index (κ2) is 7.74. The van der Waals surface area contributed by atoms with Crippen LogP contribution in [0, 0.1) is 0 Å². The maximum atomic E-state index is 12.1. The predicted octanol–water partition coefficient (Wildman–Crippen LogP) is 1.36. The average molecular weight is 255 g/mol. The van der Waals surface area contributed by atoms with Gasteiger partial charge in [-0.25, -0.2) is 0 Å². The van der Waals surface area contributed by atoms with Crippen LogP contribution in [0.4, 0.5) is 0 Å². The van der Waals surface area contributed by atoms with Gasteiger partial charge in [0.2, 0.25) is 5.91 Å². The Morgan fingerprint density at radius 1 is 1.44 bits per heavy atom. The van der Waals surface area contributed by atoms with Crippen molar-refractivity contribution in [1.82, 2.24) is 15.5 Å². The molecule has 0 aromatic heterocycles. The Labute approximate surface area is 111 Å². The van der Waals surface area contributed by atoms with Crippen molar-refractivity contribution < 1.29 is 4.79 Å². The number of nitrogens with one attached hydrogen (secondary N) is 2. The summed E-state index contributed by atoms with van der Waals surface area (Å²) in [6.45, 7) is 8.30. The summed E-state index contributed by atoms with van der Waals surface area (Å²) < 4.78 is 0. The number of likely N-dealkylation sites (N-methyl/N-ethyl adjacent to an activating group) is 1. The first-order chi connectivity index (χ1) is 8.58. The molecule has 0 spiro atoms. The van der Waals surface area contributed by atoms with Crippen LogP contribution in [0.5, 0.6) is 0 Å². The van der Waals surface area contributed by atoms with E-state index in [0.717, 1.165) is 25.9 Å². The Hall–Kier alpha value is -0.610. The maximum absolute atomic E-state index is 12.1. The number of hydrogen-bond donors (Lipinski definition) is 2. The van der Waals surface area contributed by atoms with Crippen molar-refractivity contribution in [1.29, 1.82) is 0 Å². The minimum absolute atomic E-state index is 0.0481. The Morgan fingerprint density at radius 3 is 2.61 bits per heavy atom. The lowest BCUT2D eigenvalue weighted by Gasteiger charge is -2.28. The standard InChI is InChI=1S/C14H29N3O/c1-5-12(6-2)16-14(18)11(3)17(4)10-13-8-7-9-15-13/h11-13,15H,5-10H2,1-4H3,(H,16,18). The summed E-state index contributed by atoms with van der Waals surface area (Å²) in [5.74, 6) is 0.157. The summed E-state index contributed by atoms with van der Waals surface area (Å²) in [4.78, 5) is 14.3. The lowest BCUT2D eigenvalue weighted by molar-refractivity contribution is -0.126. The van der Waals surface area contributed by atoms with Crippen LogP contribution in [0.15, 0.2) is 0 Å². The highest BCUT2D eigenvalue weighted by atomic mass is 16.2. The van der Waals surface area contributed by atoms with E-state index in [1.54, 1.807) is 0 Å². The van der Waals surface area contributed by atoms with Crippen LogP contribution in [0.25, 0.3) is 0 Å². The van der Waals surface area contributed by atoms with E-state index in [9.17, 15) is 4.79 Å². The Morgan fingerprint density at radius 2 is 2.11 bits per heavy atom. The van der Waals surface area contributed by atoms with Crippen LogP contribution < -0.4 is 10.6 Å². The molecule has 1 aliphatic rings. The molecule has 1 heterocycles. The van der Waals surface area contributed by atoms with Gasteiger partial charge in [0, 0.05) is 18.6 Å². The monoisotopic (exact) mass is 255 g/mol. The molecule has 1 aliphatic heterocycles. The first kappa shape index (κ1) is 15.4. The van der Waals surface area contributed by atoms with Gasteiger partial charge in [-0.2, -0.15) is 0 Å². The lowest BCUT2D eigenvalue weighted by atomic mass is 10.1. The van der Waals surface area contributed by atoms with Gasteiger partial charge in [-0.1, -0.05) is 13.8 Å². The van der Waals surface area contributed by atoms with E-state index in [1.165, 1.54) is 12.8 Å². The van der Waals surface area contributed by atoms with Gasteiger partial charge in [-0.15, -0.1) is 0 Å². The molecule has 18 heavy (non-hydrogen) atoms. The van der Waals surface area contributed by atoms with E-state index in [1.807, 2.05) is 14.0 Å². The van der Waals surface area contributed by atoms with Gasteiger partial charge in [0.05, 0.1) is 6.04 Å². The zero-order chi connectivity index (χ0) is 13.5. The second-order valence-electron chi connectivity index (χ2n) is 5.43. The number of nitrogens with zero attached hydrogens (tertiary/aromatic N) is 1. The van der Waals surface area contributed by atoms with Crippen LogP contribution in [0.1, 0.15) is 46.5 Å². The van der Waals surface area contributed by atoms with E-state index in [2.05, 4.69) is 29.4 Å². The highest BCUT2D eigenvalue weighted by Crippen LogP contribution is 2.08. The van der Waals surface area contributed by atoms with Crippen LogP contribution >= 0.6 is 0 Å². The predicted molar refractivity (Wildman–Crippen MR) is 75.6 cm³/mol. The number of amides is 1. The SMILES string of the molecule is CCC(CC)NC(=O)C(C)N(C)CC1CCCN1. The van der Waals surface area contributed by atoms with E-state index < -0.39 is 0 Å². The summed E-state index contributed by atoms with van der Waals surface area (Å²) >= 11 is 0. The summed E-state index contributed by atoms with van der Waals surface area (Å²) in [6.07, 6.45) is 4.49. The first-order valence-corrected chi connectivity index (χ1v) is 7.32. The summed E-state index contributed by atoms with van der Waals surface area (Å²) in [7, 11) is 2.04. The zero-order valence-electron chi connectivity index (χ0n) is 12.3. The summed E-state index contributed by atoms with van der Waals surface area (Å²) in [5, 5.41) is 6.59. The molecule has 0 aromatic rings. The summed E-state index contributed by atoms with van der Waals surface area (Å²) in [5.41, 5.74) is 0. The van der Waals surface area contributed by atoms with Crippen molar-refractivity contribution in [2.24, 2.45) is 0 Å². The fraction of sp³-hybridized carbons (Fsp3) is 0.929. The van der Waals surface area contributed by atoms with Crippen molar-refractivity contribution in [2.75, 3.05) is 20.1 Å². The van der Waals surface area contributed by atoms with Gasteiger partial charge in [-0.05, 0) is 46.2 Å². The number of carbonyl (C=O) groups excluding carboxylic acids is 1. The molecule has 1 fully saturated rings. The molecular formula is C14H29N3O. The largest absolute Gasteiger partial charge is 0.352 e. The number of carbonyl (C=O) groups is 1. The minimum Gasteiger partial charge on any atom is -0.352 e. The van der Waals surface area contributed by atoms with E-state index in [0.29, 0.717) is 12.1 Å². The second-order valence-corrected chi connectivity index (χ2v) is 5.43. The fourth-order valence-corrected chi connectivity index (χ4v) is 2.43. The molecule has 0 aromatic carbocycles. The van der Waals surface area contributed by atoms with E-state index in [-0.39, 0.29) is 11.9 Å². The van der Waals surface area contributed by atoms with Crippen molar-refractivity contribution >= 4 is 5.91 Å². The van der Waals surface area contributed by atoms with E-state index >= 15 is 0 Å². The zero-order valence-corrected chi connectivity index (χ0v) is 12.3. The molecule has 1 saturated heterocycles. The molecule has 1 amide bonds. The van der Waals surface area contributed by atoms with Crippen LogP contribution in [-0.4, -0.2) is 49.1 Å². The minimum atomic E-state index is -0.0481. The molecule has 2 unspecified atom stereocenters. The topological polar surface area (TPSA) is 44.4 Å². The van der Waals surface area contributed by atoms with Crippen LogP contribution in [-0.2, 0) is 4.79 Å². The molecule has 4 heteroatoms. The molecule has 0 saturated carbocycles. The third kappa shape index (κ3) is 4.58. The molecular weight excluding hydrogens is 226 g/mol. The molecule has 2 atom stereocenters. The van der Waals surface area contributed by atoms with Gasteiger partial charge in [0.15, 0.2) is 0 Å². The third-order valence-electron chi connectivity index (χ3n) is 4.04. The summed E-state index contributed by atoms with van der Waals surface area (Å²) in [6, 6.07) is 0.823. The fourth-order valence-electron chi connectivity index (χ4n) is 2.43. The van der Waals surface area contributed by atoms with Gasteiger partial charge < -0.3 is 10.6 Å². The van der Waals surface area contributed by atoms with Crippen molar-refractivity contribution in [3.8, 4) is 0 Å². The molecule has 106 valence electrons. The molecule has 0 aliphatic carbocycles. The van der Waals surface area contributed by atoms with E-state index in [4.69, 9.17) is 0 Å². The average Bonchev–Trinajstić information content (AvgIpc) is 2.87. The Bertz CT molecular complexity index is 247. The maximum Gasteiger partial charge on any atom is 0.237 e. The quantitative estimate of drug-likeness (QED) is 0.722. The van der Waals surface area contributed by atoms with Gasteiger partial charge >= 0.3 is 0 Å². The van der Waals surface area contributed by atoms with Crippen molar-refractivity contribution in [3.05, 3.63) is 0 Å². The van der Waals surface area contributed by atoms with Gasteiger partial charge in [-0.3, -0.25) is 9.69 Å². The van der Waals surface area contributed by atoms with Crippen molar-refractivity contribution in [2.45, 2.75) is 64.6 Å². The number of hydrogen-bond acceptors (Lipinski definition) is 3. The third-order valence-corrected chi connectivity index (χ3v) is 4.04. The molecule has 0 bridgehead atoms. The molecule has 4 nitrogen and oxygen atoms in total. The van der Waals surface area contributed by atoms with Gasteiger partial charge in [0.1, 0.15) is 0 Å².